The summed E-state index contributed by atoms with van der Waals surface area (Å²) in [6.07, 6.45) is 6.59. The van der Waals surface area contributed by atoms with Crippen molar-refractivity contribution in [2.24, 2.45) is 0 Å². The number of hydrogen-bond acceptors (Lipinski definition) is 6. The van der Waals surface area contributed by atoms with E-state index in [1.165, 1.54) is 6.20 Å². The van der Waals surface area contributed by atoms with E-state index in [2.05, 4.69) is 20.6 Å². The minimum Gasteiger partial charge on any atom is -0.486 e. The van der Waals surface area contributed by atoms with E-state index in [1.807, 2.05) is 30.3 Å². The lowest BCUT2D eigenvalue weighted by atomic mass is 10.2. The minimum atomic E-state index is -0.190. The average Bonchev–Trinajstić information content (AvgIpc) is 2.73. The Morgan fingerprint density at radius 1 is 0.926 bits per heavy atom. The molecule has 2 N–H and O–H groups in total. The first-order valence-corrected chi connectivity index (χ1v) is 8.57. The van der Waals surface area contributed by atoms with E-state index in [9.17, 15) is 4.79 Å². The molecule has 1 amide bonds. The van der Waals surface area contributed by atoms with E-state index in [0.29, 0.717) is 36.8 Å². The van der Waals surface area contributed by atoms with Crippen LogP contribution in [0.4, 0.5) is 11.4 Å². The zero-order valence-corrected chi connectivity index (χ0v) is 14.5. The Balaban J connectivity index is 1.43. The van der Waals surface area contributed by atoms with Gasteiger partial charge in [-0.25, -0.2) is 0 Å². The Bertz CT molecular complexity index is 947. The second-order valence-corrected chi connectivity index (χ2v) is 5.98. The van der Waals surface area contributed by atoms with Crippen LogP contribution in [0, 0.1) is 0 Å². The van der Waals surface area contributed by atoms with Gasteiger partial charge >= 0.3 is 0 Å². The summed E-state index contributed by atoms with van der Waals surface area (Å²) in [5.74, 6) is 1.24. The van der Waals surface area contributed by atoms with Gasteiger partial charge in [-0.1, -0.05) is 0 Å². The highest BCUT2D eigenvalue weighted by Gasteiger charge is 2.12. The number of nitrogens with zero attached hydrogens (tertiary/aromatic N) is 2. The molecule has 0 aliphatic carbocycles. The summed E-state index contributed by atoms with van der Waals surface area (Å²) in [4.78, 5) is 20.5. The van der Waals surface area contributed by atoms with Crippen molar-refractivity contribution in [1.29, 1.82) is 0 Å². The molecule has 0 fully saturated rings. The first kappa shape index (κ1) is 16.8. The molecule has 4 rings (SSSR count). The Labute approximate surface area is 156 Å². The number of amides is 1. The molecule has 0 bridgehead atoms. The monoisotopic (exact) mass is 362 g/mol. The lowest BCUT2D eigenvalue weighted by molar-refractivity contribution is 0.0950. The molecule has 3 heterocycles. The number of ether oxygens (including phenoxy) is 2. The van der Waals surface area contributed by atoms with Gasteiger partial charge in [0.05, 0.1) is 17.4 Å². The Morgan fingerprint density at radius 3 is 2.59 bits per heavy atom. The van der Waals surface area contributed by atoms with Gasteiger partial charge in [0, 0.05) is 36.9 Å². The molecule has 0 atom stereocenters. The van der Waals surface area contributed by atoms with Crippen LogP contribution in [0.15, 0.2) is 61.2 Å². The van der Waals surface area contributed by atoms with Crippen LogP contribution in [0.25, 0.3) is 0 Å². The lowest BCUT2D eigenvalue weighted by Crippen LogP contribution is -2.23. The van der Waals surface area contributed by atoms with Gasteiger partial charge in [-0.05, 0) is 35.9 Å². The lowest BCUT2D eigenvalue weighted by Gasteiger charge is -2.19. The van der Waals surface area contributed by atoms with Crippen molar-refractivity contribution in [3.63, 3.8) is 0 Å². The van der Waals surface area contributed by atoms with Crippen molar-refractivity contribution in [3.05, 3.63) is 72.3 Å². The topological polar surface area (TPSA) is 85.4 Å². The molecule has 0 unspecified atom stereocenters. The van der Waals surface area contributed by atoms with Crippen LogP contribution < -0.4 is 20.1 Å². The normalized spacial score (nSPS) is 12.3. The number of anilines is 2. The third-order valence-electron chi connectivity index (χ3n) is 4.03. The summed E-state index contributed by atoms with van der Waals surface area (Å²) >= 11 is 0. The SMILES string of the molecule is O=C(NCc1ccncc1)c1cncc(Nc2ccc3c(c2)OCCO3)c1. The standard InChI is InChI=1S/C20H18N4O3/c25-20(23-11-14-3-5-21-6-4-14)15-9-17(13-22-12-15)24-16-1-2-18-19(10-16)27-8-7-26-18/h1-6,9-10,12-13,24H,7-8,11H2,(H,23,25). The predicted molar refractivity (Wildman–Crippen MR) is 100 cm³/mol. The van der Waals surface area contributed by atoms with Gasteiger partial charge in [-0.3, -0.25) is 14.8 Å². The Kier molecular flexibility index (Phi) is 4.82. The van der Waals surface area contributed by atoms with Gasteiger partial charge in [0.25, 0.3) is 5.91 Å². The molecule has 7 nitrogen and oxygen atoms in total. The summed E-state index contributed by atoms with van der Waals surface area (Å²) in [6.45, 7) is 1.52. The molecular formula is C20H18N4O3. The number of carbonyl (C=O) groups is 1. The molecule has 136 valence electrons. The van der Waals surface area contributed by atoms with Gasteiger partial charge in [-0.15, -0.1) is 0 Å². The fourth-order valence-electron chi connectivity index (χ4n) is 2.71. The smallest absolute Gasteiger partial charge is 0.253 e. The van der Waals surface area contributed by atoms with Crippen molar-refractivity contribution < 1.29 is 14.3 Å². The number of carbonyl (C=O) groups excluding carboxylic acids is 1. The molecule has 1 aliphatic heterocycles. The number of aromatic nitrogens is 2. The molecule has 0 spiro atoms. The largest absolute Gasteiger partial charge is 0.486 e. The fourth-order valence-corrected chi connectivity index (χ4v) is 2.71. The van der Waals surface area contributed by atoms with Crippen molar-refractivity contribution in [3.8, 4) is 11.5 Å². The second-order valence-electron chi connectivity index (χ2n) is 5.98. The summed E-state index contributed by atoms with van der Waals surface area (Å²) in [5, 5.41) is 6.11. The number of hydrogen-bond donors (Lipinski definition) is 2. The van der Waals surface area contributed by atoms with Gasteiger partial charge in [0.15, 0.2) is 11.5 Å². The molecule has 0 saturated heterocycles. The molecule has 1 aromatic carbocycles. The highest BCUT2D eigenvalue weighted by Crippen LogP contribution is 2.33. The number of pyridine rings is 2. The first-order valence-electron chi connectivity index (χ1n) is 8.57. The zero-order valence-electron chi connectivity index (χ0n) is 14.5. The highest BCUT2D eigenvalue weighted by atomic mass is 16.6. The van der Waals surface area contributed by atoms with E-state index in [0.717, 1.165) is 17.0 Å². The summed E-state index contributed by atoms with van der Waals surface area (Å²) in [7, 11) is 0. The van der Waals surface area contributed by atoms with Gasteiger partial charge in [-0.2, -0.15) is 0 Å². The Morgan fingerprint density at radius 2 is 1.74 bits per heavy atom. The number of benzene rings is 1. The Hall–Kier alpha value is -3.61. The maximum Gasteiger partial charge on any atom is 0.253 e. The summed E-state index contributed by atoms with van der Waals surface area (Å²) in [6, 6.07) is 11.1. The van der Waals surface area contributed by atoms with Crippen LogP contribution in [0.5, 0.6) is 11.5 Å². The van der Waals surface area contributed by atoms with E-state index in [4.69, 9.17) is 9.47 Å². The molecule has 0 radical (unpaired) electrons. The van der Waals surface area contributed by atoms with E-state index in [1.54, 1.807) is 24.7 Å². The number of nitrogens with one attached hydrogen (secondary N) is 2. The van der Waals surface area contributed by atoms with E-state index in [-0.39, 0.29) is 5.91 Å². The zero-order chi connectivity index (χ0) is 18.5. The van der Waals surface area contributed by atoms with Crippen molar-refractivity contribution in [1.82, 2.24) is 15.3 Å². The van der Waals surface area contributed by atoms with Crippen molar-refractivity contribution in [2.75, 3.05) is 18.5 Å². The van der Waals surface area contributed by atoms with E-state index < -0.39 is 0 Å². The third-order valence-corrected chi connectivity index (χ3v) is 4.03. The third kappa shape index (κ3) is 4.14. The summed E-state index contributed by atoms with van der Waals surface area (Å²) in [5.41, 5.74) is 3.00. The number of rotatable bonds is 5. The van der Waals surface area contributed by atoms with Gasteiger partial charge < -0.3 is 20.1 Å². The predicted octanol–water partition coefficient (Wildman–Crippen LogP) is 2.92. The molecule has 3 aromatic rings. The first-order chi connectivity index (χ1) is 13.3. The molecule has 1 aliphatic rings. The molecular weight excluding hydrogens is 344 g/mol. The van der Waals surface area contributed by atoms with Crippen molar-refractivity contribution >= 4 is 17.3 Å². The minimum absolute atomic E-state index is 0.190. The van der Waals surface area contributed by atoms with Crippen LogP contribution >= 0.6 is 0 Å². The van der Waals surface area contributed by atoms with Crippen LogP contribution in [0.2, 0.25) is 0 Å². The van der Waals surface area contributed by atoms with Crippen LogP contribution in [-0.2, 0) is 6.54 Å². The number of fused-ring (bicyclic) bond motifs is 1. The molecule has 7 heteroatoms. The second kappa shape index (κ2) is 7.74. The highest BCUT2D eigenvalue weighted by molar-refractivity contribution is 5.94. The summed E-state index contributed by atoms with van der Waals surface area (Å²) < 4.78 is 11.1. The van der Waals surface area contributed by atoms with Gasteiger partial charge in [0.1, 0.15) is 13.2 Å². The maximum atomic E-state index is 12.4. The fraction of sp³-hybridized carbons (Fsp3) is 0.150. The van der Waals surface area contributed by atoms with Crippen LogP contribution in [-0.4, -0.2) is 29.1 Å². The van der Waals surface area contributed by atoms with Crippen molar-refractivity contribution in [2.45, 2.75) is 6.54 Å². The molecule has 27 heavy (non-hydrogen) atoms. The maximum absolute atomic E-state index is 12.4. The van der Waals surface area contributed by atoms with Crippen LogP contribution in [0.3, 0.4) is 0 Å². The average molecular weight is 362 g/mol. The van der Waals surface area contributed by atoms with Gasteiger partial charge in [0.2, 0.25) is 0 Å². The van der Waals surface area contributed by atoms with E-state index >= 15 is 0 Å². The molecule has 2 aromatic heterocycles. The molecule has 0 saturated carbocycles. The quantitative estimate of drug-likeness (QED) is 0.726. The van der Waals surface area contributed by atoms with Crippen LogP contribution in [0.1, 0.15) is 15.9 Å².